The molecular formula is C15H24N2O2. The second-order valence-corrected chi connectivity index (χ2v) is 5.45. The van der Waals surface area contributed by atoms with Crippen molar-refractivity contribution >= 4 is 5.69 Å². The van der Waals surface area contributed by atoms with Crippen LogP contribution in [0.1, 0.15) is 12.5 Å². The van der Waals surface area contributed by atoms with E-state index in [2.05, 4.69) is 42.8 Å². The van der Waals surface area contributed by atoms with Gasteiger partial charge in [0.1, 0.15) is 5.75 Å². The van der Waals surface area contributed by atoms with E-state index in [1.165, 1.54) is 5.56 Å². The Morgan fingerprint density at radius 2 is 2.11 bits per heavy atom. The Bertz CT molecular complexity index is 436. The van der Waals surface area contributed by atoms with Crippen LogP contribution in [0.2, 0.25) is 0 Å². The van der Waals surface area contributed by atoms with Crippen LogP contribution in [0.4, 0.5) is 5.69 Å². The lowest BCUT2D eigenvalue weighted by Crippen LogP contribution is -2.57. The molecule has 1 fully saturated rings. The standard InChI is InChI=1S/C15H24N2O2/c1-11-5-6-15(19-4)14(7-11)17-9-13(10-18)16(3)8-12(17)2/h5-7,12-13,18H,8-10H2,1-4H3. The minimum Gasteiger partial charge on any atom is -0.495 e. The monoisotopic (exact) mass is 264 g/mol. The molecule has 1 aromatic carbocycles. The molecule has 1 heterocycles. The van der Waals surface area contributed by atoms with Gasteiger partial charge in [-0.25, -0.2) is 0 Å². The van der Waals surface area contributed by atoms with Crippen molar-refractivity contribution < 1.29 is 9.84 Å². The van der Waals surface area contributed by atoms with E-state index in [4.69, 9.17) is 4.74 Å². The van der Waals surface area contributed by atoms with Gasteiger partial charge in [-0.1, -0.05) is 6.07 Å². The van der Waals surface area contributed by atoms with Crippen LogP contribution in [-0.4, -0.2) is 55.9 Å². The normalized spacial score (nSPS) is 24.6. The molecule has 0 saturated carbocycles. The molecule has 0 bridgehead atoms. The molecule has 0 spiro atoms. The molecule has 4 nitrogen and oxygen atoms in total. The molecule has 1 aliphatic rings. The number of likely N-dealkylation sites (N-methyl/N-ethyl adjacent to an activating group) is 1. The Hall–Kier alpha value is -1.26. The van der Waals surface area contributed by atoms with E-state index in [0.29, 0.717) is 6.04 Å². The third-order valence-electron chi connectivity index (χ3n) is 3.97. The molecule has 0 amide bonds. The van der Waals surface area contributed by atoms with E-state index in [9.17, 15) is 5.11 Å². The molecule has 19 heavy (non-hydrogen) atoms. The van der Waals surface area contributed by atoms with Crippen LogP contribution in [-0.2, 0) is 0 Å². The van der Waals surface area contributed by atoms with Gasteiger partial charge in [0.05, 0.1) is 25.4 Å². The van der Waals surface area contributed by atoms with E-state index in [1.807, 2.05) is 6.07 Å². The topological polar surface area (TPSA) is 35.9 Å². The van der Waals surface area contributed by atoms with Crippen LogP contribution >= 0.6 is 0 Å². The summed E-state index contributed by atoms with van der Waals surface area (Å²) in [7, 11) is 3.78. The number of aliphatic hydroxyl groups excluding tert-OH is 1. The summed E-state index contributed by atoms with van der Waals surface area (Å²) < 4.78 is 5.48. The van der Waals surface area contributed by atoms with Crippen LogP contribution in [0.5, 0.6) is 5.75 Å². The van der Waals surface area contributed by atoms with Crippen LogP contribution in [0, 0.1) is 6.92 Å². The molecule has 0 radical (unpaired) electrons. The lowest BCUT2D eigenvalue weighted by atomic mass is 10.1. The van der Waals surface area contributed by atoms with Crippen molar-refractivity contribution in [2.24, 2.45) is 0 Å². The summed E-state index contributed by atoms with van der Waals surface area (Å²) in [6.07, 6.45) is 0. The van der Waals surface area contributed by atoms with Crippen LogP contribution in [0.25, 0.3) is 0 Å². The molecule has 106 valence electrons. The number of ether oxygens (including phenoxy) is 1. The Labute approximate surface area is 115 Å². The van der Waals surface area contributed by atoms with Gasteiger partial charge in [0, 0.05) is 19.1 Å². The smallest absolute Gasteiger partial charge is 0.142 e. The summed E-state index contributed by atoms with van der Waals surface area (Å²) in [6, 6.07) is 6.83. The van der Waals surface area contributed by atoms with E-state index in [-0.39, 0.29) is 12.6 Å². The highest BCUT2D eigenvalue weighted by molar-refractivity contribution is 5.61. The zero-order valence-corrected chi connectivity index (χ0v) is 12.3. The Balaban J connectivity index is 2.31. The maximum atomic E-state index is 9.49. The fourth-order valence-corrected chi connectivity index (χ4v) is 2.77. The van der Waals surface area contributed by atoms with Gasteiger partial charge in [-0.05, 0) is 38.6 Å². The third-order valence-corrected chi connectivity index (χ3v) is 3.97. The predicted octanol–water partition coefficient (Wildman–Crippen LogP) is 1.50. The first-order valence-electron chi connectivity index (χ1n) is 6.79. The third kappa shape index (κ3) is 2.85. The zero-order valence-electron chi connectivity index (χ0n) is 12.3. The van der Waals surface area contributed by atoms with E-state index >= 15 is 0 Å². The summed E-state index contributed by atoms with van der Waals surface area (Å²) in [5.41, 5.74) is 2.35. The molecule has 2 atom stereocenters. The average Bonchev–Trinajstić information content (AvgIpc) is 2.39. The van der Waals surface area contributed by atoms with Crippen LogP contribution in [0.3, 0.4) is 0 Å². The van der Waals surface area contributed by atoms with Crippen LogP contribution in [0.15, 0.2) is 18.2 Å². The maximum Gasteiger partial charge on any atom is 0.142 e. The highest BCUT2D eigenvalue weighted by atomic mass is 16.5. The second kappa shape index (κ2) is 5.80. The molecule has 1 aromatic rings. The summed E-state index contributed by atoms with van der Waals surface area (Å²) in [6.45, 7) is 6.27. The SMILES string of the molecule is COc1ccc(C)cc1N1CC(CO)N(C)CC1C. The number of methoxy groups -OCH3 is 1. The first-order chi connectivity index (χ1) is 9.06. The molecule has 1 aliphatic heterocycles. The summed E-state index contributed by atoms with van der Waals surface area (Å²) in [4.78, 5) is 4.57. The second-order valence-electron chi connectivity index (χ2n) is 5.45. The van der Waals surface area contributed by atoms with E-state index < -0.39 is 0 Å². The summed E-state index contributed by atoms with van der Waals surface area (Å²) >= 11 is 0. The van der Waals surface area contributed by atoms with Gasteiger partial charge in [-0.3, -0.25) is 4.90 Å². The first kappa shape index (κ1) is 14.2. The number of hydrogen-bond donors (Lipinski definition) is 1. The fourth-order valence-electron chi connectivity index (χ4n) is 2.77. The molecule has 0 aliphatic carbocycles. The van der Waals surface area contributed by atoms with E-state index in [0.717, 1.165) is 24.5 Å². The quantitative estimate of drug-likeness (QED) is 0.897. The summed E-state index contributed by atoms with van der Waals surface area (Å²) in [5.74, 6) is 0.902. The van der Waals surface area contributed by atoms with Crippen molar-refractivity contribution in [2.75, 3.05) is 38.8 Å². The van der Waals surface area contributed by atoms with Gasteiger partial charge in [0.15, 0.2) is 0 Å². The Kier molecular flexibility index (Phi) is 4.32. The number of benzene rings is 1. The maximum absolute atomic E-state index is 9.49. The molecule has 1 saturated heterocycles. The van der Waals surface area contributed by atoms with Crippen molar-refractivity contribution in [1.82, 2.24) is 4.90 Å². The van der Waals surface area contributed by atoms with Gasteiger partial charge < -0.3 is 14.7 Å². The molecule has 2 unspecified atom stereocenters. The van der Waals surface area contributed by atoms with Gasteiger partial charge in [0.2, 0.25) is 0 Å². The minimum absolute atomic E-state index is 0.182. The van der Waals surface area contributed by atoms with Gasteiger partial charge in [-0.2, -0.15) is 0 Å². The molecule has 0 aromatic heterocycles. The van der Waals surface area contributed by atoms with Crippen molar-refractivity contribution in [3.05, 3.63) is 23.8 Å². The number of nitrogens with zero attached hydrogens (tertiary/aromatic N) is 2. The molecule has 1 N–H and O–H groups in total. The molecule has 4 heteroatoms. The van der Waals surface area contributed by atoms with Crippen LogP contribution < -0.4 is 9.64 Å². The fraction of sp³-hybridized carbons (Fsp3) is 0.600. The van der Waals surface area contributed by atoms with Crippen molar-refractivity contribution in [3.63, 3.8) is 0 Å². The number of piperazine rings is 1. The number of rotatable bonds is 3. The minimum atomic E-state index is 0.182. The van der Waals surface area contributed by atoms with Gasteiger partial charge in [0.25, 0.3) is 0 Å². The van der Waals surface area contributed by atoms with Gasteiger partial charge >= 0.3 is 0 Å². The number of hydrogen-bond acceptors (Lipinski definition) is 4. The van der Waals surface area contributed by atoms with Gasteiger partial charge in [-0.15, -0.1) is 0 Å². The van der Waals surface area contributed by atoms with E-state index in [1.54, 1.807) is 7.11 Å². The lowest BCUT2D eigenvalue weighted by molar-refractivity contribution is 0.121. The predicted molar refractivity (Wildman–Crippen MR) is 78.0 cm³/mol. The first-order valence-corrected chi connectivity index (χ1v) is 6.79. The molecular weight excluding hydrogens is 240 g/mol. The zero-order chi connectivity index (χ0) is 14.0. The average molecular weight is 264 g/mol. The lowest BCUT2D eigenvalue weighted by Gasteiger charge is -2.44. The summed E-state index contributed by atoms with van der Waals surface area (Å²) in [5, 5.41) is 9.49. The highest BCUT2D eigenvalue weighted by Gasteiger charge is 2.30. The number of anilines is 1. The van der Waals surface area contributed by atoms with Crippen molar-refractivity contribution in [1.29, 1.82) is 0 Å². The van der Waals surface area contributed by atoms with Crippen molar-refractivity contribution in [3.8, 4) is 5.75 Å². The largest absolute Gasteiger partial charge is 0.495 e. The number of aryl methyl sites for hydroxylation is 1. The Morgan fingerprint density at radius 1 is 1.37 bits per heavy atom. The van der Waals surface area contributed by atoms with Crippen molar-refractivity contribution in [2.45, 2.75) is 25.9 Å². The number of aliphatic hydroxyl groups is 1. The highest BCUT2D eigenvalue weighted by Crippen LogP contribution is 2.32. The Morgan fingerprint density at radius 3 is 2.74 bits per heavy atom. The molecule has 2 rings (SSSR count).